The van der Waals surface area contributed by atoms with E-state index in [-0.39, 0.29) is 5.91 Å². The smallest absolute Gasteiger partial charge is 0.253 e. The molecule has 6 heteroatoms. The number of rotatable bonds is 5. The van der Waals surface area contributed by atoms with E-state index in [9.17, 15) is 9.90 Å². The Kier molecular flexibility index (Phi) is 6.17. The fraction of sp³-hybridized carbons (Fsp3) is 0.310. The van der Waals surface area contributed by atoms with E-state index in [4.69, 9.17) is 4.98 Å². The molecule has 6 nitrogen and oxygen atoms in total. The van der Waals surface area contributed by atoms with Crippen LogP contribution in [0, 0.1) is 6.92 Å². The van der Waals surface area contributed by atoms with Crippen molar-refractivity contribution in [2.45, 2.75) is 32.9 Å². The molecule has 5 rings (SSSR count). The molecule has 180 valence electrons. The summed E-state index contributed by atoms with van der Waals surface area (Å²) in [5.41, 5.74) is 10.1. The SMILES string of the molecule is Cc1cc(-c2cnc3[nH]cc(-c4ccc(C(=O)N(C)C[C@@H](C)O)cc4)c3c2)cc2c1CCN(C)C2. The Labute approximate surface area is 206 Å². The summed E-state index contributed by atoms with van der Waals surface area (Å²) in [7, 11) is 3.88. The first-order chi connectivity index (χ1) is 16.8. The molecule has 1 aliphatic rings. The van der Waals surface area contributed by atoms with Crippen LogP contribution in [0.1, 0.15) is 34.0 Å². The van der Waals surface area contributed by atoms with Gasteiger partial charge < -0.3 is 19.9 Å². The zero-order valence-electron chi connectivity index (χ0n) is 20.8. The first-order valence-electron chi connectivity index (χ1n) is 12.1. The first kappa shape index (κ1) is 23.3. The number of fused-ring (bicyclic) bond motifs is 2. The van der Waals surface area contributed by atoms with Crippen LogP contribution in [-0.2, 0) is 13.0 Å². The van der Waals surface area contributed by atoms with Crippen molar-refractivity contribution in [2.24, 2.45) is 0 Å². The van der Waals surface area contributed by atoms with Gasteiger partial charge in [-0.25, -0.2) is 4.98 Å². The number of likely N-dealkylation sites (N-methyl/N-ethyl adjacent to an activating group) is 2. The van der Waals surface area contributed by atoms with Crippen LogP contribution in [0.2, 0.25) is 0 Å². The Hall–Kier alpha value is -3.48. The number of nitrogens with one attached hydrogen (secondary N) is 1. The van der Waals surface area contributed by atoms with E-state index in [1.807, 2.05) is 36.7 Å². The van der Waals surface area contributed by atoms with Crippen molar-refractivity contribution in [1.29, 1.82) is 0 Å². The van der Waals surface area contributed by atoms with Gasteiger partial charge in [0.05, 0.1) is 6.10 Å². The molecule has 0 bridgehead atoms. The zero-order valence-corrected chi connectivity index (χ0v) is 20.8. The second kappa shape index (κ2) is 9.29. The van der Waals surface area contributed by atoms with Gasteiger partial charge in [-0.2, -0.15) is 0 Å². The summed E-state index contributed by atoms with van der Waals surface area (Å²) in [6.07, 6.45) is 4.46. The van der Waals surface area contributed by atoms with E-state index in [0.717, 1.165) is 47.2 Å². The van der Waals surface area contributed by atoms with E-state index in [0.29, 0.717) is 12.1 Å². The Bertz CT molecular complexity index is 1390. The number of hydrogen-bond donors (Lipinski definition) is 2. The minimum Gasteiger partial charge on any atom is -0.392 e. The molecule has 2 N–H and O–H groups in total. The number of aromatic amines is 1. The third-order valence-electron chi connectivity index (χ3n) is 6.94. The van der Waals surface area contributed by atoms with Crippen LogP contribution < -0.4 is 0 Å². The average Bonchev–Trinajstić information content (AvgIpc) is 3.26. The highest BCUT2D eigenvalue weighted by atomic mass is 16.3. The number of pyridine rings is 1. The molecule has 0 spiro atoms. The predicted molar refractivity (Wildman–Crippen MR) is 140 cm³/mol. The second-order valence-corrected chi connectivity index (χ2v) is 9.85. The number of aromatic nitrogens is 2. The van der Waals surface area contributed by atoms with Gasteiger partial charge in [0.25, 0.3) is 5.91 Å². The molecule has 3 heterocycles. The normalized spacial score (nSPS) is 14.7. The molecule has 1 amide bonds. The number of aliphatic hydroxyl groups is 1. The maximum atomic E-state index is 12.6. The van der Waals surface area contributed by atoms with Crippen LogP contribution in [0.3, 0.4) is 0 Å². The summed E-state index contributed by atoms with van der Waals surface area (Å²) in [5, 5.41) is 10.6. The molecule has 35 heavy (non-hydrogen) atoms. The molecule has 1 aliphatic heterocycles. The van der Waals surface area contributed by atoms with Gasteiger partial charge in [0.1, 0.15) is 5.65 Å². The van der Waals surface area contributed by atoms with Crippen LogP contribution in [-0.4, -0.2) is 64.1 Å². The molecule has 0 unspecified atom stereocenters. The fourth-order valence-corrected chi connectivity index (χ4v) is 5.12. The van der Waals surface area contributed by atoms with Gasteiger partial charge in [-0.1, -0.05) is 18.2 Å². The molecular formula is C29H32N4O2. The summed E-state index contributed by atoms with van der Waals surface area (Å²) < 4.78 is 0. The molecule has 0 saturated heterocycles. The van der Waals surface area contributed by atoms with E-state index >= 15 is 0 Å². The average molecular weight is 469 g/mol. The number of H-pyrrole nitrogens is 1. The number of aryl methyl sites for hydroxylation is 1. The molecule has 1 atom stereocenters. The standard InChI is InChI=1S/C29H32N4O2/c1-18-11-22(12-24-17-32(3)10-9-25(18)24)23-13-26-27(15-31-28(26)30-14-23)20-5-7-21(8-6-20)29(35)33(4)16-19(2)34/h5-8,11-15,19,34H,9-10,16-17H2,1-4H3,(H,30,31)/t19-/m1/s1. The Morgan fingerprint density at radius 2 is 1.94 bits per heavy atom. The van der Waals surface area contributed by atoms with Crippen LogP contribution in [0.15, 0.2) is 54.9 Å². The highest BCUT2D eigenvalue weighted by molar-refractivity contribution is 5.98. The van der Waals surface area contributed by atoms with Crippen molar-refractivity contribution in [3.05, 3.63) is 77.1 Å². The third kappa shape index (κ3) is 4.59. The van der Waals surface area contributed by atoms with Gasteiger partial charge in [-0.3, -0.25) is 4.79 Å². The molecule has 0 saturated carbocycles. The van der Waals surface area contributed by atoms with Crippen molar-refractivity contribution in [1.82, 2.24) is 19.8 Å². The molecule has 4 aromatic rings. The molecule has 2 aromatic heterocycles. The van der Waals surface area contributed by atoms with Gasteiger partial charge in [-0.05, 0) is 79.4 Å². The number of hydrogen-bond acceptors (Lipinski definition) is 4. The Balaban J connectivity index is 1.47. The third-order valence-corrected chi connectivity index (χ3v) is 6.94. The molecule has 0 aliphatic carbocycles. The minimum absolute atomic E-state index is 0.103. The number of amides is 1. The van der Waals surface area contributed by atoms with Crippen LogP contribution in [0.25, 0.3) is 33.3 Å². The van der Waals surface area contributed by atoms with Crippen LogP contribution in [0.5, 0.6) is 0 Å². The highest BCUT2D eigenvalue weighted by Crippen LogP contribution is 2.33. The maximum absolute atomic E-state index is 12.6. The Morgan fingerprint density at radius 3 is 2.69 bits per heavy atom. The summed E-state index contributed by atoms with van der Waals surface area (Å²) in [6, 6.07) is 14.4. The van der Waals surface area contributed by atoms with Crippen molar-refractivity contribution >= 4 is 16.9 Å². The Morgan fingerprint density at radius 1 is 1.17 bits per heavy atom. The van der Waals surface area contributed by atoms with Crippen LogP contribution >= 0.6 is 0 Å². The van der Waals surface area contributed by atoms with Gasteiger partial charge >= 0.3 is 0 Å². The number of nitrogens with zero attached hydrogens (tertiary/aromatic N) is 3. The highest BCUT2D eigenvalue weighted by Gasteiger charge is 2.18. The quantitative estimate of drug-likeness (QED) is 0.447. The van der Waals surface area contributed by atoms with Gasteiger partial charge in [0.2, 0.25) is 0 Å². The number of carbonyl (C=O) groups excluding carboxylic acids is 1. The lowest BCUT2D eigenvalue weighted by atomic mass is 9.91. The molecule has 0 radical (unpaired) electrons. The van der Waals surface area contributed by atoms with Crippen molar-refractivity contribution in [2.75, 3.05) is 27.2 Å². The summed E-state index contributed by atoms with van der Waals surface area (Å²) in [5.74, 6) is -0.103. The lowest BCUT2D eigenvalue weighted by Crippen LogP contribution is -2.32. The molecule has 0 fully saturated rings. The lowest BCUT2D eigenvalue weighted by molar-refractivity contribution is 0.0703. The van der Waals surface area contributed by atoms with E-state index in [2.05, 4.69) is 42.1 Å². The summed E-state index contributed by atoms with van der Waals surface area (Å²) in [6.45, 7) is 6.27. The summed E-state index contributed by atoms with van der Waals surface area (Å²) >= 11 is 0. The molecular weight excluding hydrogens is 436 g/mol. The van der Waals surface area contributed by atoms with Gasteiger partial charge in [0, 0.05) is 61.2 Å². The minimum atomic E-state index is -0.559. The number of benzene rings is 2. The number of carbonyl (C=O) groups is 1. The van der Waals surface area contributed by atoms with E-state index in [1.165, 1.54) is 22.3 Å². The topological polar surface area (TPSA) is 72.5 Å². The van der Waals surface area contributed by atoms with Crippen molar-refractivity contribution in [3.8, 4) is 22.3 Å². The second-order valence-electron chi connectivity index (χ2n) is 9.85. The van der Waals surface area contributed by atoms with Crippen molar-refractivity contribution < 1.29 is 9.90 Å². The van der Waals surface area contributed by atoms with Gasteiger partial charge in [-0.15, -0.1) is 0 Å². The molecule has 2 aromatic carbocycles. The van der Waals surface area contributed by atoms with Crippen molar-refractivity contribution in [3.63, 3.8) is 0 Å². The van der Waals surface area contributed by atoms with Crippen LogP contribution in [0.4, 0.5) is 0 Å². The largest absolute Gasteiger partial charge is 0.392 e. The van der Waals surface area contributed by atoms with Gasteiger partial charge in [0.15, 0.2) is 0 Å². The van der Waals surface area contributed by atoms with E-state index in [1.54, 1.807) is 18.9 Å². The first-order valence-corrected chi connectivity index (χ1v) is 12.1. The fourth-order valence-electron chi connectivity index (χ4n) is 5.12. The monoisotopic (exact) mass is 468 g/mol. The predicted octanol–water partition coefficient (Wildman–Crippen LogP) is 4.65. The maximum Gasteiger partial charge on any atom is 0.253 e. The summed E-state index contributed by atoms with van der Waals surface area (Å²) in [4.78, 5) is 24.5. The van der Waals surface area contributed by atoms with E-state index < -0.39 is 6.10 Å². The lowest BCUT2D eigenvalue weighted by Gasteiger charge is -2.27. The number of aliphatic hydroxyl groups excluding tert-OH is 1. The zero-order chi connectivity index (χ0) is 24.7.